The molecule has 54 valence electrons. The number of hydrogen-bond acceptors (Lipinski definition) is 2. The number of aliphatic hydroxyl groups is 1. The first kappa shape index (κ1) is 7.03. The zero-order valence-corrected chi connectivity index (χ0v) is 6.05. The maximum atomic E-state index is 9.46. The molecule has 0 aromatic heterocycles. The molecule has 1 heterocycles. The Kier molecular flexibility index (Phi) is 1.78. The van der Waals surface area contributed by atoms with Gasteiger partial charge in [-0.15, -0.1) is 0 Å². The van der Waals surface area contributed by atoms with Gasteiger partial charge in [0, 0.05) is 13.0 Å². The van der Waals surface area contributed by atoms with Crippen molar-refractivity contribution in [3.63, 3.8) is 0 Å². The first-order valence-electron chi connectivity index (χ1n) is 3.44. The molecular weight excluding hydrogens is 116 g/mol. The maximum Gasteiger partial charge on any atom is 0.0666 e. The van der Waals surface area contributed by atoms with E-state index in [-0.39, 0.29) is 6.10 Å². The van der Waals surface area contributed by atoms with Gasteiger partial charge in [-0.25, -0.2) is 0 Å². The number of hydrogen-bond donors (Lipinski definition) is 1. The van der Waals surface area contributed by atoms with Gasteiger partial charge in [-0.1, -0.05) is 0 Å². The van der Waals surface area contributed by atoms with Gasteiger partial charge < -0.3 is 9.84 Å². The fourth-order valence-corrected chi connectivity index (χ4v) is 1.26. The molecule has 9 heavy (non-hydrogen) atoms. The summed E-state index contributed by atoms with van der Waals surface area (Å²) in [6.45, 7) is 4.56. The molecule has 2 heteroatoms. The first-order valence-corrected chi connectivity index (χ1v) is 3.44. The van der Waals surface area contributed by atoms with Crippen LogP contribution >= 0.6 is 0 Å². The van der Waals surface area contributed by atoms with Crippen molar-refractivity contribution in [1.29, 1.82) is 0 Å². The molecule has 0 spiro atoms. The zero-order valence-electron chi connectivity index (χ0n) is 6.05. The Morgan fingerprint density at radius 1 is 1.67 bits per heavy atom. The van der Waals surface area contributed by atoms with Crippen LogP contribution in [-0.4, -0.2) is 23.4 Å². The summed E-state index contributed by atoms with van der Waals surface area (Å²) >= 11 is 0. The lowest BCUT2D eigenvalue weighted by Crippen LogP contribution is -2.36. The Morgan fingerprint density at radius 2 is 2.33 bits per heavy atom. The van der Waals surface area contributed by atoms with Crippen molar-refractivity contribution in [2.24, 2.45) is 0 Å². The molecule has 0 saturated carbocycles. The third-order valence-corrected chi connectivity index (χ3v) is 1.77. The SMILES string of the molecule is C[C@H]1C[C@](C)(O)CCO1. The molecular formula is C7H14O2. The van der Waals surface area contributed by atoms with Crippen molar-refractivity contribution in [3.8, 4) is 0 Å². The molecule has 0 bridgehead atoms. The third-order valence-electron chi connectivity index (χ3n) is 1.77. The molecule has 0 aromatic carbocycles. The average molecular weight is 130 g/mol. The summed E-state index contributed by atoms with van der Waals surface area (Å²) in [6, 6.07) is 0. The Balaban J connectivity index is 2.41. The monoisotopic (exact) mass is 130 g/mol. The van der Waals surface area contributed by atoms with Crippen molar-refractivity contribution in [2.45, 2.75) is 38.4 Å². The second-order valence-electron chi connectivity index (χ2n) is 3.13. The summed E-state index contributed by atoms with van der Waals surface area (Å²) in [7, 11) is 0. The molecule has 0 aliphatic carbocycles. The van der Waals surface area contributed by atoms with Gasteiger partial charge in [-0.05, 0) is 20.3 Å². The summed E-state index contributed by atoms with van der Waals surface area (Å²) in [5.74, 6) is 0. The summed E-state index contributed by atoms with van der Waals surface area (Å²) in [4.78, 5) is 0. The second-order valence-corrected chi connectivity index (χ2v) is 3.13. The van der Waals surface area contributed by atoms with E-state index in [1.54, 1.807) is 0 Å². The highest BCUT2D eigenvalue weighted by Crippen LogP contribution is 2.23. The Hall–Kier alpha value is -0.0800. The van der Waals surface area contributed by atoms with Crippen LogP contribution in [-0.2, 0) is 4.74 Å². The summed E-state index contributed by atoms with van der Waals surface area (Å²) in [6.07, 6.45) is 1.78. The van der Waals surface area contributed by atoms with E-state index in [4.69, 9.17) is 4.74 Å². The van der Waals surface area contributed by atoms with Crippen molar-refractivity contribution >= 4 is 0 Å². The minimum Gasteiger partial charge on any atom is -0.390 e. The van der Waals surface area contributed by atoms with Gasteiger partial charge in [0.2, 0.25) is 0 Å². The maximum absolute atomic E-state index is 9.46. The van der Waals surface area contributed by atoms with Crippen molar-refractivity contribution in [2.75, 3.05) is 6.61 Å². The predicted molar refractivity (Wildman–Crippen MR) is 35.3 cm³/mol. The smallest absolute Gasteiger partial charge is 0.0666 e. The molecule has 1 N–H and O–H groups in total. The minimum absolute atomic E-state index is 0.230. The molecule has 1 aliphatic rings. The molecule has 1 aliphatic heterocycles. The molecule has 2 nitrogen and oxygen atoms in total. The van der Waals surface area contributed by atoms with Gasteiger partial charge in [0.25, 0.3) is 0 Å². The Morgan fingerprint density at radius 3 is 2.67 bits per heavy atom. The Labute approximate surface area is 55.8 Å². The predicted octanol–water partition coefficient (Wildman–Crippen LogP) is 0.936. The molecule has 1 fully saturated rings. The Bertz CT molecular complexity index is 99.1. The lowest BCUT2D eigenvalue weighted by Gasteiger charge is -2.32. The molecule has 0 amide bonds. The van der Waals surface area contributed by atoms with Crippen LogP contribution in [0, 0.1) is 0 Å². The van der Waals surface area contributed by atoms with E-state index in [1.165, 1.54) is 0 Å². The largest absolute Gasteiger partial charge is 0.390 e. The summed E-state index contributed by atoms with van der Waals surface area (Å²) < 4.78 is 5.25. The molecule has 1 rings (SSSR count). The standard InChI is InChI=1S/C7H14O2/c1-6-5-7(2,8)3-4-9-6/h6,8H,3-5H2,1-2H3/t6-,7+/m0/s1. The summed E-state index contributed by atoms with van der Waals surface area (Å²) in [5, 5.41) is 9.46. The van der Waals surface area contributed by atoms with E-state index in [2.05, 4.69) is 0 Å². The van der Waals surface area contributed by atoms with E-state index in [0.717, 1.165) is 12.8 Å². The summed E-state index contributed by atoms with van der Waals surface area (Å²) in [5.41, 5.74) is -0.475. The lowest BCUT2D eigenvalue weighted by molar-refractivity contribution is -0.0865. The van der Waals surface area contributed by atoms with Crippen LogP contribution in [0.1, 0.15) is 26.7 Å². The third kappa shape index (κ3) is 1.95. The number of rotatable bonds is 0. The highest BCUT2D eigenvalue weighted by atomic mass is 16.5. The number of ether oxygens (including phenoxy) is 1. The fraction of sp³-hybridized carbons (Fsp3) is 1.00. The van der Waals surface area contributed by atoms with Gasteiger partial charge in [0.05, 0.1) is 11.7 Å². The molecule has 1 saturated heterocycles. The van der Waals surface area contributed by atoms with Gasteiger partial charge in [-0.3, -0.25) is 0 Å². The fourth-order valence-electron chi connectivity index (χ4n) is 1.26. The van der Waals surface area contributed by atoms with Crippen molar-refractivity contribution in [3.05, 3.63) is 0 Å². The highest BCUT2D eigenvalue weighted by molar-refractivity contribution is 4.78. The van der Waals surface area contributed by atoms with E-state index in [9.17, 15) is 5.11 Å². The molecule has 0 aromatic rings. The topological polar surface area (TPSA) is 29.5 Å². The highest BCUT2D eigenvalue weighted by Gasteiger charge is 2.27. The van der Waals surface area contributed by atoms with Crippen LogP contribution < -0.4 is 0 Å². The van der Waals surface area contributed by atoms with Crippen LogP contribution in [0.3, 0.4) is 0 Å². The van der Waals surface area contributed by atoms with E-state index < -0.39 is 5.60 Å². The van der Waals surface area contributed by atoms with Crippen LogP contribution in [0.4, 0.5) is 0 Å². The van der Waals surface area contributed by atoms with Gasteiger partial charge in [0.1, 0.15) is 0 Å². The van der Waals surface area contributed by atoms with E-state index in [1.807, 2.05) is 13.8 Å². The van der Waals surface area contributed by atoms with Crippen LogP contribution in [0.5, 0.6) is 0 Å². The van der Waals surface area contributed by atoms with Crippen molar-refractivity contribution in [1.82, 2.24) is 0 Å². The lowest BCUT2D eigenvalue weighted by atomic mass is 9.93. The molecule has 0 radical (unpaired) electrons. The zero-order chi connectivity index (χ0) is 6.91. The normalized spacial score (nSPS) is 45.0. The van der Waals surface area contributed by atoms with E-state index in [0.29, 0.717) is 6.61 Å². The van der Waals surface area contributed by atoms with Crippen LogP contribution in [0.25, 0.3) is 0 Å². The van der Waals surface area contributed by atoms with Gasteiger partial charge in [-0.2, -0.15) is 0 Å². The molecule has 0 unspecified atom stereocenters. The van der Waals surface area contributed by atoms with Gasteiger partial charge >= 0.3 is 0 Å². The quantitative estimate of drug-likeness (QED) is 0.528. The van der Waals surface area contributed by atoms with Gasteiger partial charge in [0.15, 0.2) is 0 Å². The first-order chi connectivity index (χ1) is 4.10. The van der Waals surface area contributed by atoms with Crippen LogP contribution in [0.15, 0.2) is 0 Å². The molecule has 2 atom stereocenters. The minimum atomic E-state index is -0.475. The van der Waals surface area contributed by atoms with Crippen LogP contribution in [0.2, 0.25) is 0 Å². The second kappa shape index (κ2) is 2.27. The average Bonchev–Trinajstić information content (AvgIpc) is 1.60. The van der Waals surface area contributed by atoms with Crippen molar-refractivity contribution < 1.29 is 9.84 Å². The van der Waals surface area contributed by atoms with E-state index >= 15 is 0 Å².